The third kappa shape index (κ3) is 3.23. The molecule has 15 heavy (non-hydrogen) atoms. The van der Waals surface area contributed by atoms with Crippen molar-refractivity contribution in [1.29, 1.82) is 0 Å². The van der Waals surface area contributed by atoms with Crippen LogP contribution in [-0.4, -0.2) is 40.7 Å². The number of benzene rings is 1. The smallest absolute Gasteiger partial charge is 0.0562 e. The summed E-state index contributed by atoms with van der Waals surface area (Å²) < 4.78 is 0. The van der Waals surface area contributed by atoms with Crippen LogP contribution in [-0.2, 0) is 6.54 Å². The van der Waals surface area contributed by atoms with Crippen LogP contribution in [0.3, 0.4) is 0 Å². The Kier molecular flexibility index (Phi) is 4.06. The van der Waals surface area contributed by atoms with Gasteiger partial charge < -0.3 is 5.11 Å². The summed E-state index contributed by atoms with van der Waals surface area (Å²) in [5.41, 5.74) is 1.36. The molecule has 0 saturated carbocycles. The van der Waals surface area contributed by atoms with Crippen molar-refractivity contribution in [3.05, 3.63) is 35.9 Å². The Labute approximate surface area is 95.3 Å². The van der Waals surface area contributed by atoms with Crippen LogP contribution < -0.4 is 0 Å². The Morgan fingerprint density at radius 2 is 2.13 bits per heavy atom. The van der Waals surface area contributed by atoms with Crippen LogP contribution in [0.4, 0.5) is 0 Å². The summed E-state index contributed by atoms with van der Waals surface area (Å²) in [6.07, 6.45) is 0. The van der Waals surface area contributed by atoms with Crippen LogP contribution in [0.1, 0.15) is 5.56 Å². The van der Waals surface area contributed by atoms with Crippen molar-refractivity contribution in [3.63, 3.8) is 0 Å². The standard InChI is InChI=1S/C12H17NOS/c14-10-12-9-13(6-7-15-12)8-11-4-2-1-3-5-11/h1-5,12,14H,6-10H2. The Morgan fingerprint density at radius 1 is 1.33 bits per heavy atom. The van der Waals surface area contributed by atoms with Gasteiger partial charge in [-0.1, -0.05) is 30.3 Å². The Bertz CT molecular complexity index is 291. The van der Waals surface area contributed by atoms with Crippen LogP contribution in [0.5, 0.6) is 0 Å². The normalized spacial score (nSPS) is 22.9. The van der Waals surface area contributed by atoms with Gasteiger partial charge in [0.05, 0.1) is 6.61 Å². The third-order valence-corrected chi connectivity index (χ3v) is 3.86. The monoisotopic (exact) mass is 223 g/mol. The summed E-state index contributed by atoms with van der Waals surface area (Å²) in [5.74, 6) is 1.14. The molecular formula is C12H17NOS. The predicted octanol–water partition coefficient (Wildman–Crippen LogP) is 1.60. The van der Waals surface area contributed by atoms with Crippen LogP contribution in [0.15, 0.2) is 30.3 Å². The molecule has 1 aromatic carbocycles. The molecule has 2 rings (SSSR count). The molecule has 1 fully saturated rings. The molecule has 1 unspecified atom stereocenters. The molecule has 0 aliphatic carbocycles. The molecule has 0 spiro atoms. The first-order valence-electron chi connectivity index (χ1n) is 5.37. The first kappa shape index (κ1) is 11.0. The molecule has 1 aliphatic rings. The predicted molar refractivity (Wildman–Crippen MR) is 65.1 cm³/mol. The minimum Gasteiger partial charge on any atom is -0.395 e. The SMILES string of the molecule is OCC1CN(Cc2ccccc2)CCS1. The van der Waals surface area contributed by atoms with Crippen molar-refractivity contribution in [2.45, 2.75) is 11.8 Å². The van der Waals surface area contributed by atoms with E-state index < -0.39 is 0 Å². The minimum atomic E-state index is 0.302. The van der Waals surface area contributed by atoms with Crippen molar-refractivity contribution in [3.8, 4) is 0 Å². The second-order valence-electron chi connectivity index (χ2n) is 3.90. The Hall–Kier alpha value is -0.510. The maximum atomic E-state index is 9.13. The quantitative estimate of drug-likeness (QED) is 0.842. The Morgan fingerprint density at radius 3 is 2.87 bits per heavy atom. The fraction of sp³-hybridized carbons (Fsp3) is 0.500. The second-order valence-corrected chi connectivity index (χ2v) is 5.30. The number of aliphatic hydroxyl groups is 1. The largest absolute Gasteiger partial charge is 0.395 e. The van der Waals surface area contributed by atoms with E-state index in [1.807, 2.05) is 17.8 Å². The zero-order valence-corrected chi connectivity index (χ0v) is 9.62. The van der Waals surface area contributed by atoms with E-state index in [0.29, 0.717) is 11.9 Å². The van der Waals surface area contributed by atoms with Crippen molar-refractivity contribution in [2.24, 2.45) is 0 Å². The second kappa shape index (κ2) is 5.54. The van der Waals surface area contributed by atoms with E-state index in [4.69, 9.17) is 5.11 Å². The van der Waals surface area contributed by atoms with E-state index in [9.17, 15) is 0 Å². The zero-order chi connectivity index (χ0) is 10.5. The lowest BCUT2D eigenvalue weighted by Gasteiger charge is -2.31. The van der Waals surface area contributed by atoms with E-state index >= 15 is 0 Å². The van der Waals surface area contributed by atoms with Gasteiger partial charge in [-0.05, 0) is 5.56 Å². The van der Waals surface area contributed by atoms with Crippen molar-refractivity contribution < 1.29 is 5.11 Å². The highest BCUT2D eigenvalue weighted by Crippen LogP contribution is 2.19. The highest BCUT2D eigenvalue weighted by atomic mass is 32.2. The zero-order valence-electron chi connectivity index (χ0n) is 8.80. The summed E-state index contributed by atoms with van der Waals surface area (Å²) in [6, 6.07) is 10.5. The fourth-order valence-corrected chi connectivity index (χ4v) is 2.99. The first-order valence-corrected chi connectivity index (χ1v) is 6.42. The van der Waals surface area contributed by atoms with E-state index in [-0.39, 0.29) is 0 Å². The molecule has 0 bridgehead atoms. The van der Waals surface area contributed by atoms with Gasteiger partial charge in [0, 0.05) is 30.6 Å². The van der Waals surface area contributed by atoms with Crippen LogP contribution in [0.2, 0.25) is 0 Å². The lowest BCUT2D eigenvalue weighted by molar-refractivity contribution is 0.225. The molecular weight excluding hydrogens is 206 g/mol. The molecule has 3 heteroatoms. The van der Waals surface area contributed by atoms with Gasteiger partial charge in [-0.3, -0.25) is 4.90 Å². The topological polar surface area (TPSA) is 23.5 Å². The van der Waals surface area contributed by atoms with Gasteiger partial charge in [-0.25, -0.2) is 0 Å². The van der Waals surface area contributed by atoms with E-state index in [0.717, 1.165) is 25.4 Å². The summed E-state index contributed by atoms with van der Waals surface area (Å²) in [4.78, 5) is 2.42. The molecule has 1 aromatic rings. The maximum Gasteiger partial charge on any atom is 0.0562 e. The summed E-state index contributed by atoms with van der Waals surface area (Å²) in [7, 11) is 0. The minimum absolute atomic E-state index is 0.302. The van der Waals surface area contributed by atoms with Gasteiger partial charge in [0.1, 0.15) is 0 Å². The highest BCUT2D eigenvalue weighted by Gasteiger charge is 2.19. The third-order valence-electron chi connectivity index (χ3n) is 2.68. The van der Waals surface area contributed by atoms with Crippen LogP contribution in [0.25, 0.3) is 0 Å². The van der Waals surface area contributed by atoms with Gasteiger partial charge in [0.15, 0.2) is 0 Å². The van der Waals surface area contributed by atoms with Crippen molar-refractivity contribution >= 4 is 11.8 Å². The lowest BCUT2D eigenvalue weighted by atomic mass is 10.2. The summed E-state index contributed by atoms with van der Waals surface area (Å²) in [5, 5.41) is 9.53. The molecule has 0 aromatic heterocycles. The highest BCUT2D eigenvalue weighted by molar-refractivity contribution is 8.00. The summed E-state index contributed by atoms with van der Waals surface area (Å²) >= 11 is 1.89. The van der Waals surface area contributed by atoms with E-state index in [1.54, 1.807) is 0 Å². The van der Waals surface area contributed by atoms with Crippen molar-refractivity contribution in [1.82, 2.24) is 4.90 Å². The molecule has 82 valence electrons. The molecule has 1 aliphatic heterocycles. The lowest BCUT2D eigenvalue weighted by Crippen LogP contribution is -2.38. The van der Waals surface area contributed by atoms with Gasteiger partial charge in [0.25, 0.3) is 0 Å². The number of thioether (sulfide) groups is 1. The average Bonchev–Trinajstić information content (AvgIpc) is 2.31. The van der Waals surface area contributed by atoms with E-state index in [1.165, 1.54) is 5.56 Å². The molecule has 1 atom stereocenters. The molecule has 2 nitrogen and oxygen atoms in total. The average molecular weight is 223 g/mol. The van der Waals surface area contributed by atoms with E-state index in [2.05, 4.69) is 29.2 Å². The van der Waals surface area contributed by atoms with Crippen LogP contribution >= 0.6 is 11.8 Å². The van der Waals surface area contributed by atoms with Gasteiger partial charge in [-0.2, -0.15) is 11.8 Å². The number of rotatable bonds is 3. The number of hydrogen-bond acceptors (Lipinski definition) is 3. The van der Waals surface area contributed by atoms with Crippen molar-refractivity contribution in [2.75, 3.05) is 25.4 Å². The molecule has 0 amide bonds. The fourth-order valence-electron chi connectivity index (χ4n) is 1.88. The number of nitrogens with zero attached hydrogens (tertiary/aromatic N) is 1. The molecule has 1 heterocycles. The number of aliphatic hydroxyl groups excluding tert-OH is 1. The van der Waals surface area contributed by atoms with Crippen LogP contribution in [0, 0.1) is 0 Å². The molecule has 0 radical (unpaired) electrons. The first-order chi connectivity index (χ1) is 7.38. The van der Waals surface area contributed by atoms with Gasteiger partial charge in [-0.15, -0.1) is 0 Å². The van der Waals surface area contributed by atoms with Gasteiger partial charge in [0.2, 0.25) is 0 Å². The van der Waals surface area contributed by atoms with Gasteiger partial charge >= 0.3 is 0 Å². The maximum absolute atomic E-state index is 9.13. The summed E-state index contributed by atoms with van der Waals surface area (Å²) in [6.45, 7) is 3.46. The Balaban J connectivity index is 1.89. The number of hydrogen-bond donors (Lipinski definition) is 1. The molecule has 1 saturated heterocycles. The molecule has 1 N–H and O–H groups in total.